The van der Waals surface area contributed by atoms with Crippen LogP contribution in [0.25, 0.3) is 0 Å². The summed E-state index contributed by atoms with van der Waals surface area (Å²) in [6, 6.07) is 17.7. The van der Waals surface area contributed by atoms with Crippen LogP contribution >= 0.6 is 0 Å². The van der Waals surface area contributed by atoms with Crippen LogP contribution in [0.4, 0.5) is 5.69 Å². The molecule has 1 spiro atoms. The fraction of sp³-hybridized carbons (Fsp3) is 0.409. The third-order valence-electron chi connectivity index (χ3n) is 6.00. The summed E-state index contributed by atoms with van der Waals surface area (Å²) in [7, 11) is 1.81. The van der Waals surface area contributed by atoms with E-state index in [2.05, 4.69) is 0 Å². The number of carbonyl (C=O) groups excluding carboxylic acids is 1. The zero-order valence-electron chi connectivity index (χ0n) is 15.3. The molecule has 4 heteroatoms. The number of hydrogen-bond acceptors (Lipinski definition) is 3. The fourth-order valence-electron chi connectivity index (χ4n) is 4.43. The lowest BCUT2D eigenvalue weighted by Gasteiger charge is -2.59. The minimum absolute atomic E-state index is 0.0213. The Morgan fingerprint density at radius 1 is 1.08 bits per heavy atom. The molecule has 2 aromatic carbocycles. The van der Waals surface area contributed by atoms with E-state index >= 15 is 0 Å². The zero-order chi connectivity index (χ0) is 18.2. The summed E-state index contributed by atoms with van der Waals surface area (Å²) >= 11 is 0. The largest absolute Gasteiger partial charge is 0.489 e. The molecular formula is C22H26N2O2. The van der Waals surface area contributed by atoms with Gasteiger partial charge >= 0.3 is 0 Å². The van der Waals surface area contributed by atoms with E-state index in [0.717, 1.165) is 29.8 Å². The molecular weight excluding hydrogens is 324 g/mol. The van der Waals surface area contributed by atoms with Crippen LogP contribution in [0.1, 0.15) is 37.7 Å². The molecule has 0 unspecified atom stereocenters. The Kier molecular flexibility index (Phi) is 4.23. The van der Waals surface area contributed by atoms with Gasteiger partial charge < -0.3 is 15.4 Å². The van der Waals surface area contributed by atoms with Crippen LogP contribution in [0.2, 0.25) is 0 Å². The van der Waals surface area contributed by atoms with Gasteiger partial charge in [-0.25, -0.2) is 0 Å². The van der Waals surface area contributed by atoms with Gasteiger partial charge in [-0.15, -0.1) is 0 Å². The number of nitrogens with zero attached hydrogens (tertiary/aromatic N) is 1. The summed E-state index contributed by atoms with van der Waals surface area (Å²) < 4.78 is 5.81. The minimum atomic E-state index is -0.683. The third kappa shape index (κ3) is 3.10. The number of nitrogens with two attached hydrogens (primary N) is 1. The Bertz CT molecular complexity index is 774. The Morgan fingerprint density at radius 3 is 2.31 bits per heavy atom. The van der Waals surface area contributed by atoms with Gasteiger partial charge in [-0.05, 0) is 60.9 Å². The highest BCUT2D eigenvalue weighted by Crippen LogP contribution is 2.59. The van der Waals surface area contributed by atoms with Crippen LogP contribution in [-0.2, 0) is 11.4 Å². The SMILES string of the molecule is CN(C(=O)C1(N)CC2(CCC2)C1)c1ccc(OCc2ccccc2)cc1. The van der Waals surface area contributed by atoms with Gasteiger partial charge in [-0.1, -0.05) is 36.8 Å². The number of rotatable bonds is 5. The second-order valence-corrected chi connectivity index (χ2v) is 8.00. The van der Waals surface area contributed by atoms with E-state index in [1.165, 1.54) is 19.3 Å². The Morgan fingerprint density at radius 2 is 1.73 bits per heavy atom. The maximum absolute atomic E-state index is 12.8. The van der Waals surface area contributed by atoms with Crippen molar-refractivity contribution in [2.75, 3.05) is 11.9 Å². The summed E-state index contributed by atoms with van der Waals surface area (Å²) in [5, 5.41) is 0. The highest BCUT2D eigenvalue weighted by Gasteiger charge is 2.59. The quantitative estimate of drug-likeness (QED) is 0.890. The average Bonchev–Trinajstić information content (AvgIpc) is 2.62. The summed E-state index contributed by atoms with van der Waals surface area (Å²) in [5.41, 5.74) is 8.07. The van der Waals surface area contributed by atoms with Crippen molar-refractivity contribution in [1.82, 2.24) is 0 Å². The number of carbonyl (C=O) groups is 1. The molecule has 2 fully saturated rings. The molecule has 0 saturated heterocycles. The Balaban J connectivity index is 1.36. The maximum Gasteiger partial charge on any atom is 0.246 e. The number of ether oxygens (including phenoxy) is 1. The highest BCUT2D eigenvalue weighted by atomic mass is 16.5. The van der Waals surface area contributed by atoms with Crippen LogP contribution < -0.4 is 15.4 Å². The van der Waals surface area contributed by atoms with E-state index in [9.17, 15) is 4.79 Å². The Hall–Kier alpha value is -2.33. The van der Waals surface area contributed by atoms with E-state index in [-0.39, 0.29) is 5.91 Å². The first-order valence-electron chi connectivity index (χ1n) is 9.34. The highest BCUT2D eigenvalue weighted by molar-refractivity contribution is 6.00. The molecule has 2 saturated carbocycles. The first-order valence-corrected chi connectivity index (χ1v) is 9.34. The molecule has 2 aliphatic carbocycles. The molecule has 0 heterocycles. The van der Waals surface area contributed by atoms with E-state index in [1.807, 2.05) is 61.6 Å². The normalized spacial score (nSPS) is 19.3. The average molecular weight is 350 g/mol. The van der Waals surface area contributed by atoms with E-state index < -0.39 is 5.54 Å². The van der Waals surface area contributed by atoms with Gasteiger partial charge in [0.1, 0.15) is 12.4 Å². The number of hydrogen-bond donors (Lipinski definition) is 1. The fourth-order valence-corrected chi connectivity index (χ4v) is 4.43. The van der Waals surface area contributed by atoms with Crippen molar-refractivity contribution < 1.29 is 9.53 Å². The molecule has 2 aliphatic rings. The van der Waals surface area contributed by atoms with Gasteiger partial charge in [0.05, 0.1) is 5.54 Å². The predicted octanol–water partition coefficient (Wildman–Crippen LogP) is 3.89. The lowest BCUT2D eigenvalue weighted by Crippen LogP contribution is -2.67. The van der Waals surface area contributed by atoms with Gasteiger partial charge in [-0.3, -0.25) is 4.79 Å². The van der Waals surface area contributed by atoms with Gasteiger partial charge in [0.2, 0.25) is 5.91 Å². The second-order valence-electron chi connectivity index (χ2n) is 8.00. The molecule has 0 radical (unpaired) electrons. The molecule has 2 N–H and O–H groups in total. The lowest BCUT2D eigenvalue weighted by atomic mass is 9.48. The lowest BCUT2D eigenvalue weighted by molar-refractivity contribution is -0.137. The summed E-state index contributed by atoms with van der Waals surface area (Å²) in [5.74, 6) is 0.811. The second kappa shape index (κ2) is 6.44. The predicted molar refractivity (Wildman–Crippen MR) is 103 cm³/mol. The van der Waals surface area contributed by atoms with E-state index in [0.29, 0.717) is 12.0 Å². The van der Waals surface area contributed by atoms with Crippen LogP contribution in [0, 0.1) is 5.41 Å². The monoisotopic (exact) mass is 350 g/mol. The molecule has 0 bridgehead atoms. The van der Waals surface area contributed by atoms with Crippen molar-refractivity contribution in [2.24, 2.45) is 11.1 Å². The van der Waals surface area contributed by atoms with Gasteiger partial charge in [-0.2, -0.15) is 0 Å². The summed E-state index contributed by atoms with van der Waals surface area (Å²) in [6.45, 7) is 0.531. The molecule has 4 rings (SSSR count). The standard InChI is InChI=1S/C22H26N2O2/c1-24(20(25)22(23)15-21(16-22)12-5-13-21)18-8-10-19(11-9-18)26-14-17-6-3-2-4-7-17/h2-4,6-11H,5,12-16,23H2,1H3. The van der Waals surface area contributed by atoms with E-state index in [1.54, 1.807) is 4.90 Å². The zero-order valence-corrected chi connectivity index (χ0v) is 15.3. The van der Waals surface area contributed by atoms with Gasteiger partial charge in [0, 0.05) is 12.7 Å². The van der Waals surface area contributed by atoms with Crippen molar-refractivity contribution in [3.05, 3.63) is 60.2 Å². The molecule has 4 nitrogen and oxygen atoms in total. The third-order valence-corrected chi connectivity index (χ3v) is 6.00. The van der Waals surface area contributed by atoms with Gasteiger partial charge in [0.15, 0.2) is 0 Å². The van der Waals surface area contributed by atoms with Crippen LogP contribution in [-0.4, -0.2) is 18.5 Å². The van der Waals surface area contributed by atoms with Crippen LogP contribution in [0.3, 0.4) is 0 Å². The number of likely N-dealkylation sites (N-methyl/N-ethyl adjacent to an activating group) is 1. The molecule has 26 heavy (non-hydrogen) atoms. The van der Waals surface area contributed by atoms with Gasteiger partial charge in [0.25, 0.3) is 0 Å². The minimum Gasteiger partial charge on any atom is -0.489 e. The molecule has 0 atom stereocenters. The van der Waals surface area contributed by atoms with Crippen molar-refractivity contribution in [2.45, 2.75) is 44.2 Å². The molecule has 2 aromatic rings. The number of benzene rings is 2. The maximum atomic E-state index is 12.8. The summed E-state index contributed by atoms with van der Waals surface area (Å²) in [4.78, 5) is 14.5. The smallest absolute Gasteiger partial charge is 0.246 e. The Labute approximate surface area is 155 Å². The number of amides is 1. The van der Waals surface area contributed by atoms with Crippen molar-refractivity contribution in [3.8, 4) is 5.75 Å². The number of anilines is 1. The first kappa shape index (κ1) is 17.1. The summed E-state index contributed by atoms with van der Waals surface area (Å²) in [6.07, 6.45) is 5.42. The van der Waals surface area contributed by atoms with E-state index in [4.69, 9.17) is 10.5 Å². The molecule has 0 aromatic heterocycles. The molecule has 1 amide bonds. The molecule has 0 aliphatic heterocycles. The van der Waals surface area contributed by atoms with Crippen molar-refractivity contribution >= 4 is 11.6 Å². The van der Waals surface area contributed by atoms with Crippen LogP contribution in [0.5, 0.6) is 5.75 Å². The van der Waals surface area contributed by atoms with Crippen LogP contribution in [0.15, 0.2) is 54.6 Å². The van der Waals surface area contributed by atoms with Crippen molar-refractivity contribution in [1.29, 1.82) is 0 Å². The molecule has 136 valence electrons. The topological polar surface area (TPSA) is 55.6 Å². The van der Waals surface area contributed by atoms with Crippen molar-refractivity contribution in [3.63, 3.8) is 0 Å². The first-order chi connectivity index (χ1) is 12.5.